The van der Waals surface area contributed by atoms with Crippen LogP contribution in [0.2, 0.25) is 0 Å². The van der Waals surface area contributed by atoms with Gasteiger partial charge in [-0.25, -0.2) is 4.98 Å². The van der Waals surface area contributed by atoms with Gasteiger partial charge in [0.1, 0.15) is 5.69 Å². The SMILES string of the molecule is O=C(CC1CC1)c1ccc2ccccc2n1. The maximum absolute atomic E-state index is 11.9. The molecule has 0 saturated heterocycles. The van der Waals surface area contributed by atoms with E-state index in [4.69, 9.17) is 0 Å². The standard InChI is InChI=1S/C14H13NO/c16-14(9-10-5-6-10)13-8-7-11-3-1-2-4-12(11)15-13/h1-4,7-8,10H,5-6,9H2. The van der Waals surface area contributed by atoms with Crippen molar-refractivity contribution in [1.82, 2.24) is 4.98 Å². The summed E-state index contributed by atoms with van der Waals surface area (Å²) in [5.74, 6) is 0.814. The quantitative estimate of drug-likeness (QED) is 0.729. The highest BCUT2D eigenvalue weighted by molar-refractivity contribution is 5.96. The Morgan fingerprint density at radius 2 is 2.00 bits per heavy atom. The van der Waals surface area contributed by atoms with Crippen LogP contribution in [0.5, 0.6) is 0 Å². The van der Waals surface area contributed by atoms with Crippen LogP contribution in [0, 0.1) is 5.92 Å². The van der Waals surface area contributed by atoms with Gasteiger partial charge in [-0.1, -0.05) is 24.3 Å². The minimum Gasteiger partial charge on any atom is -0.292 e. The zero-order chi connectivity index (χ0) is 11.0. The molecule has 1 aliphatic rings. The van der Waals surface area contributed by atoms with Crippen LogP contribution in [0.15, 0.2) is 36.4 Å². The Morgan fingerprint density at radius 1 is 1.19 bits per heavy atom. The van der Waals surface area contributed by atoms with Crippen molar-refractivity contribution < 1.29 is 4.79 Å². The molecule has 1 aromatic heterocycles. The third kappa shape index (κ3) is 1.83. The molecule has 0 atom stereocenters. The molecule has 0 aliphatic heterocycles. The number of aromatic nitrogens is 1. The van der Waals surface area contributed by atoms with Crippen LogP contribution in [-0.4, -0.2) is 10.8 Å². The van der Waals surface area contributed by atoms with E-state index in [0.717, 1.165) is 10.9 Å². The number of pyridine rings is 1. The lowest BCUT2D eigenvalue weighted by molar-refractivity contribution is 0.0971. The number of rotatable bonds is 3. The second-order valence-electron chi connectivity index (χ2n) is 4.46. The molecule has 0 N–H and O–H groups in total. The molecule has 1 fully saturated rings. The highest BCUT2D eigenvalue weighted by Gasteiger charge is 2.25. The van der Waals surface area contributed by atoms with E-state index in [-0.39, 0.29) is 5.78 Å². The Hall–Kier alpha value is -1.70. The first-order chi connectivity index (χ1) is 7.83. The molecule has 1 aliphatic carbocycles. The van der Waals surface area contributed by atoms with Gasteiger partial charge in [-0.15, -0.1) is 0 Å². The van der Waals surface area contributed by atoms with Gasteiger partial charge in [-0.3, -0.25) is 4.79 Å². The van der Waals surface area contributed by atoms with E-state index in [2.05, 4.69) is 4.98 Å². The molecule has 0 bridgehead atoms. The molecular weight excluding hydrogens is 198 g/mol. The number of carbonyl (C=O) groups is 1. The maximum atomic E-state index is 11.9. The summed E-state index contributed by atoms with van der Waals surface area (Å²) in [4.78, 5) is 16.3. The summed E-state index contributed by atoms with van der Waals surface area (Å²) < 4.78 is 0. The Labute approximate surface area is 94.3 Å². The summed E-state index contributed by atoms with van der Waals surface area (Å²) in [6.45, 7) is 0. The lowest BCUT2D eigenvalue weighted by atomic mass is 10.1. The third-order valence-electron chi connectivity index (χ3n) is 3.06. The summed E-state index contributed by atoms with van der Waals surface area (Å²) in [6.07, 6.45) is 3.09. The number of hydrogen-bond acceptors (Lipinski definition) is 2. The summed E-state index contributed by atoms with van der Waals surface area (Å²) in [6, 6.07) is 11.7. The molecule has 2 nitrogen and oxygen atoms in total. The lowest BCUT2D eigenvalue weighted by Crippen LogP contribution is -2.02. The molecule has 0 unspecified atom stereocenters. The second-order valence-corrected chi connectivity index (χ2v) is 4.46. The molecule has 0 spiro atoms. The molecule has 0 radical (unpaired) electrons. The molecular formula is C14H13NO. The number of nitrogens with zero attached hydrogens (tertiary/aromatic N) is 1. The summed E-state index contributed by atoms with van der Waals surface area (Å²) in [5, 5.41) is 1.09. The van der Waals surface area contributed by atoms with Gasteiger partial charge in [0.25, 0.3) is 0 Å². The van der Waals surface area contributed by atoms with E-state index >= 15 is 0 Å². The first-order valence-electron chi connectivity index (χ1n) is 5.72. The average molecular weight is 211 g/mol. The van der Waals surface area contributed by atoms with Crippen molar-refractivity contribution in [3.05, 3.63) is 42.1 Å². The van der Waals surface area contributed by atoms with Crippen molar-refractivity contribution in [2.75, 3.05) is 0 Å². The van der Waals surface area contributed by atoms with E-state index in [9.17, 15) is 4.79 Å². The minimum atomic E-state index is 0.188. The fraction of sp³-hybridized carbons (Fsp3) is 0.286. The van der Waals surface area contributed by atoms with Crippen molar-refractivity contribution in [1.29, 1.82) is 0 Å². The van der Waals surface area contributed by atoms with Crippen molar-refractivity contribution in [2.24, 2.45) is 5.92 Å². The molecule has 16 heavy (non-hydrogen) atoms. The number of hydrogen-bond donors (Lipinski definition) is 0. The number of para-hydroxylation sites is 1. The van der Waals surface area contributed by atoms with Crippen molar-refractivity contribution in [2.45, 2.75) is 19.3 Å². The highest BCUT2D eigenvalue weighted by atomic mass is 16.1. The van der Waals surface area contributed by atoms with Crippen molar-refractivity contribution >= 4 is 16.7 Å². The summed E-state index contributed by atoms with van der Waals surface area (Å²) in [7, 11) is 0. The molecule has 1 heterocycles. The van der Waals surface area contributed by atoms with Gasteiger partial charge in [-0.2, -0.15) is 0 Å². The Balaban J connectivity index is 1.94. The van der Waals surface area contributed by atoms with E-state index < -0.39 is 0 Å². The average Bonchev–Trinajstić information content (AvgIpc) is 3.12. The zero-order valence-electron chi connectivity index (χ0n) is 9.02. The Morgan fingerprint density at radius 3 is 2.81 bits per heavy atom. The molecule has 80 valence electrons. The van der Waals surface area contributed by atoms with E-state index in [0.29, 0.717) is 18.0 Å². The lowest BCUT2D eigenvalue weighted by Gasteiger charge is -2.01. The monoisotopic (exact) mass is 211 g/mol. The van der Waals surface area contributed by atoms with Crippen molar-refractivity contribution in [3.8, 4) is 0 Å². The van der Waals surface area contributed by atoms with Gasteiger partial charge in [0.2, 0.25) is 0 Å². The fourth-order valence-corrected chi connectivity index (χ4v) is 1.91. The molecule has 2 aromatic rings. The zero-order valence-corrected chi connectivity index (χ0v) is 9.02. The van der Waals surface area contributed by atoms with Gasteiger partial charge in [-0.05, 0) is 30.9 Å². The topological polar surface area (TPSA) is 30.0 Å². The number of ketones is 1. The molecule has 0 amide bonds. The van der Waals surface area contributed by atoms with Crippen LogP contribution >= 0.6 is 0 Å². The normalized spacial score (nSPS) is 15.2. The number of carbonyl (C=O) groups excluding carboxylic acids is 1. The van der Waals surface area contributed by atoms with Crippen LogP contribution in [0.25, 0.3) is 10.9 Å². The predicted molar refractivity (Wildman–Crippen MR) is 63.4 cm³/mol. The van der Waals surface area contributed by atoms with Crippen LogP contribution < -0.4 is 0 Å². The van der Waals surface area contributed by atoms with Gasteiger partial charge in [0.15, 0.2) is 5.78 Å². The number of fused-ring (bicyclic) bond motifs is 1. The fourth-order valence-electron chi connectivity index (χ4n) is 1.91. The van der Waals surface area contributed by atoms with Crippen molar-refractivity contribution in [3.63, 3.8) is 0 Å². The summed E-state index contributed by atoms with van der Waals surface area (Å²) in [5.41, 5.74) is 1.52. The smallest absolute Gasteiger partial charge is 0.181 e. The number of benzene rings is 1. The van der Waals surface area contributed by atoms with E-state index in [1.807, 2.05) is 36.4 Å². The van der Waals surface area contributed by atoms with Crippen LogP contribution in [0.3, 0.4) is 0 Å². The first-order valence-corrected chi connectivity index (χ1v) is 5.72. The Kier molecular flexibility index (Phi) is 2.21. The molecule has 2 heteroatoms. The van der Waals surface area contributed by atoms with Crippen LogP contribution in [-0.2, 0) is 0 Å². The molecule has 3 rings (SSSR count). The van der Waals surface area contributed by atoms with E-state index in [1.54, 1.807) is 0 Å². The maximum Gasteiger partial charge on any atom is 0.181 e. The summed E-state index contributed by atoms with van der Waals surface area (Å²) >= 11 is 0. The number of Topliss-reactive ketones (excluding diaryl/α,β-unsaturated/α-hetero) is 1. The second kappa shape index (κ2) is 3.71. The van der Waals surface area contributed by atoms with Gasteiger partial charge in [0.05, 0.1) is 5.52 Å². The van der Waals surface area contributed by atoms with Crippen LogP contribution in [0.4, 0.5) is 0 Å². The largest absolute Gasteiger partial charge is 0.292 e. The first kappa shape index (κ1) is 9.52. The van der Waals surface area contributed by atoms with E-state index in [1.165, 1.54) is 12.8 Å². The van der Waals surface area contributed by atoms with Gasteiger partial charge in [0, 0.05) is 11.8 Å². The third-order valence-corrected chi connectivity index (χ3v) is 3.06. The highest BCUT2D eigenvalue weighted by Crippen LogP contribution is 2.33. The molecule has 1 saturated carbocycles. The minimum absolute atomic E-state index is 0.188. The Bertz CT molecular complexity index is 543. The van der Waals surface area contributed by atoms with Gasteiger partial charge < -0.3 is 0 Å². The predicted octanol–water partition coefficient (Wildman–Crippen LogP) is 3.22. The van der Waals surface area contributed by atoms with Gasteiger partial charge >= 0.3 is 0 Å². The molecule has 1 aromatic carbocycles. The van der Waals surface area contributed by atoms with Crippen LogP contribution in [0.1, 0.15) is 29.8 Å².